The molecule has 0 unspecified atom stereocenters. The Morgan fingerprint density at radius 2 is 1.68 bits per heavy atom. The van der Waals surface area contributed by atoms with Gasteiger partial charge in [-0.05, 0) is 53.6 Å². The number of nitrogens with one attached hydrogen (secondary N) is 1. The van der Waals surface area contributed by atoms with Crippen molar-refractivity contribution in [1.82, 2.24) is 5.32 Å². The minimum atomic E-state index is -3.32. The summed E-state index contributed by atoms with van der Waals surface area (Å²) in [4.78, 5) is 12.2. The molecule has 3 aromatic carbocycles. The summed E-state index contributed by atoms with van der Waals surface area (Å²) >= 11 is 3.43. The van der Waals surface area contributed by atoms with Crippen LogP contribution >= 0.6 is 15.9 Å². The van der Waals surface area contributed by atoms with Crippen molar-refractivity contribution in [3.8, 4) is 5.75 Å². The molecular formula is C21H20BrNO4S. The van der Waals surface area contributed by atoms with E-state index in [1.54, 1.807) is 30.3 Å². The lowest BCUT2D eigenvalue weighted by Crippen LogP contribution is -2.30. The fourth-order valence-corrected chi connectivity index (χ4v) is 4.43. The molecule has 0 atom stereocenters. The zero-order valence-corrected chi connectivity index (χ0v) is 17.5. The minimum absolute atomic E-state index is 0.0155. The lowest BCUT2D eigenvalue weighted by Gasteiger charge is -2.09. The first-order valence-corrected chi connectivity index (χ1v) is 11.3. The molecule has 0 saturated heterocycles. The number of fused-ring (bicyclic) bond motifs is 1. The molecule has 3 rings (SSSR count). The topological polar surface area (TPSA) is 72.5 Å². The number of amides is 1. The van der Waals surface area contributed by atoms with Crippen molar-refractivity contribution < 1.29 is 17.9 Å². The third kappa shape index (κ3) is 5.56. The highest BCUT2D eigenvalue weighted by Crippen LogP contribution is 2.24. The number of benzene rings is 3. The van der Waals surface area contributed by atoms with Crippen molar-refractivity contribution in [3.63, 3.8) is 0 Å². The largest absolute Gasteiger partial charge is 0.484 e. The van der Waals surface area contributed by atoms with Crippen LogP contribution in [0.4, 0.5) is 0 Å². The molecule has 0 bridgehead atoms. The summed E-state index contributed by atoms with van der Waals surface area (Å²) in [7, 11) is -3.32. The van der Waals surface area contributed by atoms with Gasteiger partial charge >= 0.3 is 0 Å². The normalized spacial score (nSPS) is 11.3. The summed E-state index contributed by atoms with van der Waals surface area (Å²) in [5, 5.41) is 4.78. The summed E-state index contributed by atoms with van der Waals surface area (Å²) in [5.41, 5.74) is 0. The third-order valence-corrected chi connectivity index (χ3v) is 6.47. The molecule has 3 aromatic rings. The SMILES string of the molecule is O=C(COc1ccc2cc(Br)ccc2c1)NCCCS(=O)(=O)c1ccccc1. The number of rotatable bonds is 8. The van der Waals surface area contributed by atoms with E-state index in [1.807, 2.05) is 36.4 Å². The van der Waals surface area contributed by atoms with Crippen LogP contribution in [0.15, 0.2) is 76.1 Å². The second kappa shape index (κ2) is 9.21. The Kier molecular flexibility index (Phi) is 6.70. The highest BCUT2D eigenvalue weighted by molar-refractivity contribution is 9.10. The zero-order chi connectivity index (χ0) is 20.0. The van der Waals surface area contributed by atoms with E-state index in [-0.39, 0.29) is 24.8 Å². The number of carbonyl (C=O) groups is 1. The van der Waals surface area contributed by atoms with Gasteiger partial charge in [-0.1, -0.05) is 46.3 Å². The Hall–Kier alpha value is -2.38. The van der Waals surface area contributed by atoms with E-state index in [4.69, 9.17) is 4.74 Å². The van der Waals surface area contributed by atoms with Crippen LogP contribution < -0.4 is 10.1 Å². The lowest BCUT2D eigenvalue weighted by molar-refractivity contribution is -0.123. The average molecular weight is 462 g/mol. The van der Waals surface area contributed by atoms with Crippen LogP contribution in [-0.2, 0) is 14.6 Å². The molecule has 0 aliphatic carbocycles. The van der Waals surface area contributed by atoms with Crippen LogP contribution in [0.2, 0.25) is 0 Å². The van der Waals surface area contributed by atoms with Crippen LogP contribution in [0.5, 0.6) is 5.75 Å². The van der Waals surface area contributed by atoms with Crippen LogP contribution in [0, 0.1) is 0 Å². The number of ether oxygens (including phenoxy) is 1. The number of sulfone groups is 1. The fraction of sp³-hybridized carbons (Fsp3) is 0.190. The maximum absolute atomic E-state index is 12.2. The molecule has 0 heterocycles. The fourth-order valence-electron chi connectivity index (χ4n) is 2.72. The van der Waals surface area contributed by atoms with Gasteiger partial charge in [-0.15, -0.1) is 0 Å². The summed E-state index contributed by atoms with van der Waals surface area (Å²) in [5.74, 6) is 0.308. The van der Waals surface area contributed by atoms with Gasteiger partial charge in [0.2, 0.25) is 0 Å². The van der Waals surface area contributed by atoms with E-state index in [0.29, 0.717) is 17.1 Å². The Balaban J connectivity index is 1.43. The summed E-state index contributed by atoms with van der Waals surface area (Å²) in [6.07, 6.45) is 0.341. The monoisotopic (exact) mass is 461 g/mol. The predicted octanol–water partition coefficient (Wildman–Crippen LogP) is 3.96. The van der Waals surface area contributed by atoms with Crippen molar-refractivity contribution in [3.05, 3.63) is 71.2 Å². The minimum Gasteiger partial charge on any atom is -0.484 e. The maximum atomic E-state index is 12.2. The van der Waals surface area contributed by atoms with Gasteiger partial charge in [-0.3, -0.25) is 4.79 Å². The Bertz CT molecular complexity index is 1070. The van der Waals surface area contributed by atoms with Gasteiger partial charge in [0.1, 0.15) is 5.75 Å². The van der Waals surface area contributed by atoms with Crippen molar-refractivity contribution in [2.75, 3.05) is 18.9 Å². The number of hydrogen-bond acceptors (Lipinski definition) is 4. The molecule has 146 valence electrons. The molecule has 0 spiro atoms. The molecule has 0 aliphatic heterocycles. The molecule has 7 heteroatoms. The van der Waals surface area contributed by atoms with Gasteiger partial charge in [0.05, 0.1) is 10.6 Å². The molecule has 0 fully saturated rings. The molecule has 0 radical (unpaired) electrons. The highest BCUT2D eigenvalue weighted by Gasteiger charge is 2.13. The van der Waals surface area contributed by atoms with Gasteiger partial charge in [-0.25, -0.2) is 8.42 Å². The van der Waals surface area contributed by atoms with E-state index in [1.165, 1.54) is 0 Å². The van der Waals surface area contributed by atoms with E-state index in [0.717, 1.165) is 15.2 Å². The molecule has 1 N–H and O–H groups in total. The van der Waals surface area contributed by atoms with Crippen LogP contribution in [0.1, 0.15) is 6.42 Å². The molecule has 28 heavy (non-hydrogen) atoms. The number of halogens is 1. The quantitative estimate of drug-likeness (QED) is 0.515. The second-order valence-electron chi connectivity index (χ2n) is 6.28. The van der Waals surface area contributed by atoms with E-state index < -0.39 is 9.84 Å². The lowest BCUT2D eigenvalue weighted by atomic mass is 10.1. The Morgan fingerprint density at radius 3 is 2.46 bits per heavy atom. The van der Waals surface area contributed by atoms with Gasteiger partial charge in [0.25, 0.3) is 5.91 Å². The maximum Gasteiger partial charge on any atom is 0.257 e. The van der Waals surface area contributed by atoms with Gasteiger partial charge in [-0.2, -0.15) is 0 Å². The van der Waals surface area contributed by atoms with Gasteiger partial charge in [0, 0.05) is 11.0 Å². The highest BCUT2D eigenvalue weighted by atomic mass is 79.9. The van der Waals surface area contributed by atoms with E-state index >= 15 is 0 Å². The van der Waals surface area contributed by atoms with Gasteiger partial charge in [0.15, 0.2) is 16.4 Å². The van der Waals surface area contributed by atoms with Crippen LogP contribution in [0.25, 0.3) is 10.8 Å². The Labute approximate surface area is 172 Å². The molecule has 1 amide bonds. The number of carbonyl (C=O) groups excluding carboxylic acids is 1. The first-order chi connectivity index (χ1) is 13.4. The standard InChI is InChI=1S/C21H20BrNO4S/c22-18-9-7-17-14-19(10-8-16(17)13-18)27-15-21(24)23-11-4-12-28(25,26)20-5-2-1-3-6-20/h1-3,5-10,13-14H,4,11-12,15H2,(H,23,24). The van der Waals surface area contributed by atoms with Gasteiger partial charge < -0.3 is 10.1 Å². The van der Waals surface area contributed by atoms with E-state index in [2.05, 4.69) is 21.2 Å². The second-order valence-corrected chi connectivity index (χ2v) is 9.30. The summed E-state index contributed by atoms with van der Waals surface area (Å²) < 4.78 is 30.9. The van der Waals surface area contributed by atoms with Crippen molar-refractivity contribution in [1.29, 1.82) is 0 Å². The molecular weight excluding hydrogens is 442 g/mol. The van der Waals surface area contributed by atoms with Crippen LogP contribution in [-0.4, -0.2) is 33.2 Å². The molecule has 0 aliphatic rings. The zero-order valence-electron chi connectivity index (χ0n) is 15.1. The molecule has 0 saturated carbocycles. The van der Waals surface area contributed by atoms with Crippen molar-refractivity contribution in [2.24, 2.45) is 0 Å². The average Bonchev–Trinajstić information content (AvgIpc) is 2.70. The van der Waals surface area contributed by atoms with Crippen LogP contribution in [0.3, 0.4) is 0 Å². The van der Waals surface area contributed by atoms with E-state index in [9.17, 15) is 13.2 Å². The predicted molar refractivity (Wildman–Crippen MR) is 113 cm³/mol. The smallest absolute Gasteiger partial charge is 0.257 e. The first kappa shape index (κ1) is 20.4. The number of hydrogen-bond donors (Lipinski definition) is 1. The first-order valence-electron chi connectivity index (χ1n) is 8.81. The molecule has 5 nitrogen and oxygen atoms in total. The summed E-state index contributed by atoms with van der Waals surface area (Å²) in [6, 6.07) is 19.9. The summed E-state index contributed by atoms with van der Waals surface area (Å²) in [6.45, 7) is 0.160. The van der Waals surface area contributed by atoms with Crippen molar-refractivity contribution in [2.45, 2.75) is 11.3 Å². The van der Waals surface area contributed by atoms with Crippen molar-refractivity contribution >= 4 is 42.4 Å². The Morgan fingerprint density at radius 1 is 0.964 bits per heavy atom. The third-order valence-electron chi connectivity index (χ3n) is 4.16. The molecule has 0 aromatic heterocycles.